The molecule has 1 aromatic heterocycles. The SMILES string of the molecule is N#C[C@@H](C[C@H]1CCCNC1=O)NC(=O)[C@@H]1[C@@H]2CC[C@@H](CC2(F)F)N1C(=O)c1cc2c(F)ccc(F)c2[nH]1. The average molecular weight is 519 g/mol. The van der Waals surface area contributed by atoms with Crippen LogP contribution in [0.4, 0.5) is 17.6 Å². The van der Waals surface area contributed by atoms with Gasteiger partial charge in [-0.3, -0.25) is 14.4 Å². The number of amides is 3. The normalized spacial score (nSPS) is 27.4. The van der Waals surface area contributed by atoms with E-state index in [-0.39, 0.29) is 41.8 Å². The number of nitrogens with zero attached hydrogens (tertiary/aromatic N) is 2. The summed E-state index contributed by atoms with van der Waals surface area (Å²) in [5.74, 6) is -8.76. The zero-order valence-electron chi connectivity index (χ0n) is 19.7. The molecule has 1 aliphatic carbocycles. The van der Waals surface area contributed by atoms with Gasteiger partial charge in [-0.25, -0.2) is 17.6 Å². The average Bonchev–Trinajstić information content (AvgIpc) is 3.33. The van der Waals surface area contributed by atoms with E-state index in [0.29, 0.717) is 13.0 Å². The molecule has 5 atom stereocenters. The Balaban J connectivity index is 1.43. The minimum absolute atomic E-state index is 0.00224. The van der Waals surface area contributed by atoms with Crippen LogP contribution in [0.3, 0.4) is 0 Å². The van der Waals surface area contributed by atoms with Gasteiger partial charge in [0.05, 0.1) is 17.5 Å². The molecule has 4 aliphatic rings. The van der Waals surface area contributed by atoms with E-state index in [0.717, 1.165) is 29.5 Å². The highest BCUT2D eigenvalue weighted by Crippen LogP contribution is 2.49. The van der Waals surface area contributed by atoms with Crippen molar-refractivity contribution in [3.05, 3.63) is 35.5 Å². The van der Waals surface area contributed by atoms with Crippen molar-refractivity contribution in [2.24, 2.45) is 11.8 Å². The van der Waals surface area contributed by atoms with Gasteiger partial charge in [-0.1, -0.05) is 0 Å². The third kappa shape index (κ3) is 4.40. The minimum Gasteiger partial charge on any atom is -0.356 e. The van der Waals surface area contributed by atoms with Gasteiger partial charge < -0.3 is 20.5 Å². The van der Waals surface area contributed by atoms with Crippen molar-refractivity contribution in [1.82, 2.24) is 20.5 Å². The van der Waals surface area contributed by atoms with Gasteiger partial charge >= 0.3 is 0 Å². The van der Waals surface area contributed by atoms with Gasteiger partial charge in [0.25, 0.3) is 11.8 Å². The number of aromatic amines is 1. The second-order valence-corrected chi connectivity index (χ2v) is 10.0. The van der Waals surface area contributed by atoms with Crippen molar-refractivity contribution < 1.29 is 31.9 Å². The molecule has 3 saturated heterocycles. The van der Waals surface area contributed by atoms with Crippen molar-refractivity contribution in [2.45, 2.75) is 62.6 Å². The van der Waals surface area contributed by atoms with Gasteiger partial charge in [0.15, 0.2) is 0 Å². The molecule has 0 radical (unpaired) electrons. The van der Waals surface area contributed by atoms with E-state index in [1.54, 1.807) is 0 Å². The van der Waals surface area contributed by atoms with Gasteiger partial charge in [0.2, 0.25) is 11.8 Å². The molecular weight excluding hydrogens is 494 g/mol. The molecular formula is C25H25F4N5O3. The summed E-state index contributed by atoms with van der Waals surface area (Å²) < 4.78 is 58.3. The summed E-state index contributed by atoms with van der Waals surface area (Å²) in [4.78, 5) is 42.6. The predicted octanol–water partition coefficient (Wildman–Crippen LogP) is 3.00. The van der Waals surface area contributed by atoms with Crippen molar-refractivity contribution in [3.8, 4) is 6.07 Å². The number of carbonyl (C=O) groups is 3. The van der Waals surface area contributed by atoms with Gasteiger partial charge in [-0.2, -0.15) is 5.26 Å². The molecule has 3 aliphatic heterocycles. The maximum absolute atomic E-state index is 14.9. The van der Waals surface area contributed by atoms with Crippen LogP contribution in [0, 0.1) is 34.8 Å². The Morgan fingerprint density at radius 1 is 1.22 bits per heavy atom. The van der Waals surface area contributed by atoms with E-state index in [2.05, 4.69) is 15.6 Å². The fraction of sp³-hybridized carbons (Fsp3) is 0.520. The zero-order valence-corrected chi connectivity index (χ0v) is 19.7. The lowest BCUT2D eigenvalue weighted by Crippen LogP contribution is -2.68. The number of piperidine rings is 3. The summed E-state index contributed by atoms with van der Waals surface area (Å²) in [5, 5.41) is 14.6. The van der Waals surface area contributed by atoms with E-state index < -0.39 is 65.8 Å². The Kier molecular flexibility index (Phi) is 6.33. The van der Waals surface area contributed by atoms with Crippen LogP contribution in [0.5, 0.6) is 0 Å². The third-order valence-electron chi connectivity index (χ3n) is 7.75. The molecule has 2 bridgehead atoms. The van der Waals surface area contributed by atoms with E-state index >= 15 is 0 Å². The molecule has 196 valence electrons. The maximum Gasteiger partial charge on any atom is 0.271 e. The van der Waals surface area contributed by atoms with Crippen LogP contribution in [-0.2, 0) is 9.59 Å². The molecule has 3 N–H and O–H groups in total. The van der Waals surface area contributed by atoms with Crippen LogP contribution in [0.25, 0.3) is 10.9 Å². The Bertz CT molecular complexity index is 1270. The van der Waals surface area contributed by atoms with Gasteiger partial charge in [0.1, 0.15) is 29.4 Å². The smallest absolute Gasteiger partial charge is 0.271 e. The van der Waals surface area contributed by atoms with Crippen molar-refractivity contribution in [1.29, 1.82) is 5.26 Å². The largest absolute Gasteiger partial charge is 0.356 e. The number of nitrogens with one attached hydrogen (secondary N) is 3. The standard InChI is InChI=1S/C25H25F4N5O3/c26-17-5-6-18(27)20-15(17)9-19(33-20)24(37)34-14-3-4-16(25(28,29)10-14)21(34)23(36)32-13(11-30)8-12-2-1-7-31-22(12)35/h5-6,9,12-14,16,21,33H,1-4,7-8,10H2,(H,31,35)(H,32,36)/t12-,13-,14+,16+,21+/m1/s1. The molecule has 37 heavy (non-hydrogen) atoms. The van der Waals surface area contributed by atoms with Crippen LogP contribution in [0.15, 0.2) is 18.2 Å². The first-order valence-corrected chi connectivity index (χ1v) is 12.3. The van der Waals surface area contributed by atoms with Crippen LogP contribution >= 0.6 is 0 Å². The fourth-order valence-corrected chi connectivity index (χ4v) is 5.95. The van der Waals surface area contributed by atoms with Crippen molar-refractivity contribution in [3.63, 3.8) is 0 Å². The number of aromatic nitrogens is 1. The molecule has 4 heterocycles. The number of alkyl halides is 2. The van der Waals surface area contributed by atoms with Gasteiger partial charge in [0, 0.05) is 30.3 Å². The molecule has 0 spiro atoms. The number of rotatable bonds is 5. The quantitative estimate of drug-likeness (QED) is 0.527. The van der Waals surface area contributed by atoms with E-state index in [1.165, 1.54) is 0 Å². The maximum atomic E-state index is 14.9. The number of hydrogen-bond acceptors (Lipinski definition) is 4. The van der Waals surface area contributed by atoms with Crippen molar-refractivity contribution >= 4 is 28.6 Å². The lowest BCUT2D eigenvalue weighted by Gasteiger charge is -2.53. The highest BCUT2D eigenvalue weighted by Gasteiger charge is 2.60. The number of benzene rings is 1. The molecule has 2 aromatic rings. The molecule has 4 fully saturated rings. The number of carbonyl (C=O) groups excluding carboxylic acids is 3. The summed E-state index contributed by atoms with van der Waals surface area (Å²) in [6.45, 7) is 0.526. The highest BCUT2D eigenvalue weighted by atomic mass is 19.3. The van der Waals surface area contributed by atoms with Crippen LogP contribution in [0.2, 0.25) is 0 Å². The number of fused-ring (bicyclic) bond motifs is 4. The first-order chi connectivity index (χ1) is 17.6. The molecule has 12 heteroatoms. The molecule has 8 nitrogen and oxygen atoms in total. The lowest BCUT2D eigenvalue weighted by molar-refractivity contribution is -0.179. The highest BCUT2D eigenvalue weighted by molar-refractivity contribution is 6.01. The molecule has 3 amide bonds. The molecule has 1 saturated carbocycles. The predicted molar refractivity (Wildman–Crippen MR) is 122 cm³/mol. The molecule has 1 aromatic carbocycles. The van der Waals surface area contributed by atoms with E-state index in [4.69, 9.17) is 0 Å². The van der Waals surface area contributed by atoms with E-state index in [1.807, 2.05) is 6.07 Å². The van der Waals surface area contributed by atoms with Crippen LogP contribution in [0.1, 0.15) is 49.0 Å². The van der Waals surface area contributed by atoms with Crippen molar-refractivity contribution in [2.75, 3.05) is 6.54 Å². The number of halogens is 4. The lowest BCUT2D eigenvalue weighted by atomic mass is 9.71. The minimum atomic E-state index is -3.22. The summed E-state index contributed by atoms with van der Waals surface area (Å²) in [7, 11) is 0. The Hall–Kier alpha value is -3.62. The topological polar surface area (TPSA) is 118 Å². The second-order valence-electron chi connectivity index (χ2n) is 10.0. The summed E-state index contributed by atoms with van der Waals surface area (Å²) in [6.07, 6.45) is 0.861. The first-order valence-electron chi connectivity index (χ1n) is 12.3. The van der Waals surface area contributed by atoms with E-state index in [9.17, 15) is 37.2 Å². The zero-order chi connectivity index (χ0) is 26.5. The third-order valence-corrected chi connectivity index (χ3v) is 7.75. The second kappa shape index (κ2) is 9.36. The molecule has 0 unspecified atom stereocenters. The fourth-order valence-electron chi connectivity index (χ4n) is 5.95. The monoisotopic (exact) mass is 519 g/mol. The number of hydrogen-bond donors (Lipinski definition) is 3. The number of nitriles is 1. The van der Waals surface area contributed by atoms with Gasteiger partial charge in [-0.05, 0) is 50.3 Å². The summed E-state index contributed by atoms with van der Waals surface area (Å²) >= 11 is 0. The Morgan fingerprint density at radius 2 is 1.97 bits per heavy atom. The Labute approximate surface area is 209 Å². The molecule has 6 rings (SSSR count). The number of H-pyrrole nitrogens is 1. The Morgan fingerprint density at radius 3 is 2.65 bits per heavy atom. The first kappa shape index (κ1) is 25.0. The van der Waals surface area contributed by atoms with Gasteiger partial charge in [-0.15, -0.1) is 0 Å². The summed E-state index contributed by atoms with van der Waals surface area (Å²) in [5.41, 5.74) is -0.476. The van der Waals surface area contributed by atoms with Crippen LogP contribution < -0.4 is 10.6 Å². The summed E-state index contributed by atoms with van der Waals surface area (Å²) in [6, 6.07) is 1.14. The van der Waals surface area contributed by atoms with Crippen LogP contribution in [-0.4, -0.2) is 58.2 Å².